The van der Waals surface area contributed by atoms with Gasteiger partial charge in [-0.05, 0) is 38.1 Å². The second kappa shape index (κ2) is 12.0. The number of aliphatic hydroxyl groups is 5. The van der Waals surface area contributed by atoms with Crippen molar-refractivity contribution >= 4 is 17.5 Å². The lowest BCUT2D eigenvalue weighted by atomic mass is 9.82. The van der Waals surface area contributed by atoms with Gasteiger partial charge in [-0.2, -0.15) is 0 Å². The van der Waals surface area contributed by atoms with Crippen LogP contribution in [0.4, 0.5) is 0 Å². The van der Waals surface area contributed by atoms with Crippen LogP contribution < -0.4 is 4.74 Å². The molecule has 2 fully saturated rings. The molecule has 2 saturated heterocycles. The molecule has 1 aliphatic carbocycles. The van der Waals surface area contributed by atoms with Gasteiger partial charge in [0, 0.05) is 29.2 Å². The Morgan fingerprint density at radius 1 is 0.841 bits per heavy atom. The van der Waals surface area contributed by atoms with Gasteiger partial charge in [-0.1, -0.05) is 0 Å². The summed E-state index contributed by atoms with van der Waals surface area (Å²) in [5.41, 5.74) is -0.698. The molecule has 3 aliphatic rings. The number of carbonyl (C=O) groups is 3. The molecule has 0 spiro atoms. The number of aromatic hydroxyl groups is 2. The van der Waals surface area contributed by atoms with Crippen LogP contribution in [0.5, 0.6) is 17.2 Å². The molecular weight excluding hydrogens is 588 g/mol. The van der Waals surface area contributed by atoms with Crippen molar-refractivity contribution in [3.8, 4) is 17.2 Å². The van der Waals surface area contributed by atoms with E-state index in [1.54, 1.807) is 0 Å². The van der Waals surface area contributed by atoms with E-state index in [-0.39, 0.29) is 39.3 Å². The van der Waals surface area contributed by atoms with Crippen LogP contribution >= 0.6 is 0 Å². The van der Waals surface area contributed by atoms with Gasteiger partial charge in [0.2, 0.25) is 6.29 Å². The van der Waals surface area contributed by atoms with E-state index < -0.39 is 91.3 Å². The summed E-state index contributed by atoms with van der Waals surface area (Å²) < 4.78 is 27.9. The lowest BCUT2D eigenvalue weighted by Gasteiger charge is -2.45. The first-order chi connectivity index (χ1) is 20.7. The molecule has 10 unspecified atom stereocenters. The fraction of sp³-hybridized carbons (Fsp3) is 0.483. The van der Waals surface area contributed by atoms with Crippen LogP contribution in [0, 0.1) is 6.92 Å². The molecule has 0 radical (unpaired) electrons. The Kier molecular flexibility index (Phi) is 8.67. The normalized spacial score (nSPS) is 33.4. The van der Waals surface area contributed by atoms with E-state index in [2.05, 4.69) is 0 Å². The number of phenols is 2. The van der Waals surface area contributed by atoms with Crippen LogP contribution in [0.15, 0.2) is 24.3 Å². The Morgan fingerprint density at radius 2 is 1.55 bits per heavy atom. The number of benzene rings is 2. The second-order valence-electron chi connectivity index (χ2n) is 10.9. The third kappa shape index (κ3) is 5.52. The van der Waals surface area contributed by atoms with Crippen LogP contribution in [0.3, 0.4) is 0 Å². The number of aliphatic hydroxyl groups excluding tert-OH is 5. The van der Waals surface area contributed by atoms with Gasteiger partial charge in [0.15, 0.2) is 24.0 Å². The van der Waals surface area contributed by atoms with Crippen molar-refractivity contribution in [2.75, 3.05) is 6.61 Å². The van der Waals surface area contributed by atoms with Crippen molar-refractivity contribution < 1.29 is 73.8 Å². The van der Waals surface area contributed by atoms with Crippen molar-refractivity contribution in [1.82, 2.24) is 0 Å². The predicted octanol–water partition coefficient (Wildman–Crippen LogP) is -1.22. The SMILES string of the molecule is CC(=O)OCC1OC(Oc2cc3c(c(O)c2C)C(=O)c2ccc(O)cc2C3=O)C(OC2OC(C)C(O)C(O)C2O)C(O)C1O. The molecule has 15 heteroatoms. The minimum absolute atomic E-state index is 0.0206. The quantitative estimate of drug-likeness (QED) is 0.160. The van der Waals surface area contributed by atoms with Crippen molar-refractivity contribution in [3.05, 3.63) is 52.1 Å². The van der Waals surface area contributed by atoms with Gasteiger partial charge in [-0.3, -0.25) is 14.4 Å². The predicted molar refractivity (Wildman–Crippen MR) is 143 cm³/mol. The second-order valence-corrected chi connectivity index (χ2v) is 10.9. The van der Waals surface area contributed by atoms with Gasteiger partial charge >= 0.3 is 5.97 Å². The fourth-order valence-electron chi connectivity index (χ4n) is 5.36. The molecule has 7 N–H and O–H groups in total. The summed E-state index contributed by atoms with van der Waals surface area (Å²) in [7, 11) is 0. The molecule has 15 nitrogen and oxygen atoms in total. The number of rotatable bonds is 6. The fourth-order valence-corrected chi connectivity index (χ4v) is 5.36. The standard InChI is InChI=1S/C29H32O15/c1-9-16(7-15-18(19(9)32)22(35)13-5-4-12(31)6-14(13)21(15)34)42-29-27(25(38)23(36)17(43-29)8-40-11(3)30)44-28-26(39)24(37)20(33)10(2)41-28/h4-7,10,17,20,23-29,31-33,36-39H,8H2,1-3H3. The van der Waals surface area contributed by atoms with Crippen molar-refractivity contribution in [1.29, 1.82) is 0 Å². The molecule has 10 atom stereocenters. The Labute approximate surface area is 249 Å². The first-order valence-electron chi connectivity index (χ1n) is 13.7. The van der Waals surface area contributed by atoms with E-state index in [0.29, 0.717) is 0 Å². The van der Waals surface area contributed by atoms with Crippen LogP contribution in [-0.4, -0.2) is 121 Å². The number of hydrogen-bond acceptors (Lipinski definition) is 15. The zero-order valence-corrected chi connectivity index (χ0v) is 23.7. The van der Waals surface area contributed by atoms with Gasteiger partial charge in [0.25, 0.3) is 0 Å². The molecule has 2 heterocycles. The molecule has 2 aliphatic heterocycles. The Bertz CT molecular complexity index is 1470. The van der Waals surface area contributed by atoms with Crippen molar-refractivity contribution in [3.63, 3.8) is 0 Å². The number of fused-ring (bicyclic) bond motifs is 2. The van der Waals surface area contributed by atoms with Gasteiger partial charge < -0.3 is 59.4 Å². The van der Waals surface area contributed by atoms with Crippen LogP contribution in [0.1, 0.15) is 51.3 Å². The number of phenolic OH excluding ortho intramolecular Hbond substituents is 2. The molecule has 2 aromatic rings. The molecule has 5 rings (SSSR count). The molecule has 0 aromatic heterocycles. The molecule has 2 aromatic carbocycles. The zero-order valence-electron chi connectivity index (χ0n) is 23.7. The van der Waals surface area contributed by atoms with E-state index >= 15 is 0 Å². The number of ketones is 2. The topological polar surface area (TPSA) is 239 Å². The highest BCUT2D eigenvalue weighted by Crippen LogP contribution is 2.41. The molecular formula is C29H32O15. The molecule has 0 amide bonds. The monoisotopic (exact) mass is 620 g/mol. The first-order valence-corrected chi connectivity index (χ1v) is 13.7. The highest BCUT2D eigenvalue weighted by molar-refractivity contribution is 6.29. The summed E-state index contributed by atoms with van der Waals surface area (Å²) in [5, 5.41) is 73.5. The minimum atomic E-state index is -1.84. The summed E-state index contributed by atoms with van der Waals surface area (Å²) in [6.07, 6.45) is -16.0. The van der Waals surface area contributed by atoms with Crippen LogP contribution in [0.2, 0.25) is 0 Å². The van der Waals surface area contributed by atoms with E-state index in [1.807, 2.05) is 0 Å². The summed E-state index contributed by atoms with van der Waals surface area (Å²) in [5.74, 6) is -3.15. The lowest BCUT2D eigenvalue weighted by Crippen LogP contribution is -2.64. The molecule has 0 saturated carbocycles. The maximum Gasteiger partial charge on any atom is 0.302 e. The largest absolute Gasteiger partial charge is 0.508 e. The smallest absolute Gasteiger partial charge is 0.302 e. The van der Waals surface area contributed by atoms with E-state index in [4.69, 9.17) is 23.7 Å². The Hall–Kier alpha value is -3.67. The average molecular weight is 621 g/mol. The maximum atomic E-state index is 13.4. The third-order valence-electron chi connectivity index (χ3n) is 7.91. The highest BCUT2D eigenvalue weighted by Gasteiger charge is 2.51. The number of carbonyl (C=O) groups excluding carboxylic acids is 3. The van der Waals surface area contributed by atoms with E-state index in [9.17, 15) is 50.1 Å². The van der Waals surface area contributed by atoms with Gasteiger partial charge in [0.05, 0.1) is 11.7 Å². The third-order valence-corrected chi connectivity index (χ3v) is 7.91. The van der Waals surface area contributed by atoms with Crippen LogP contribution in [-0.2, 0) is 23.7 Å². The van der Waals surface area contributed by atoms with Crippen molar-refractivity contribution in [2.45, 2.75) is 82.2 Å². The number of ether oxygens (including phenoxy) is 5. The van der Waals surface area contributed by atoms with Crippen LogP contribution in [0.25, 0.3) is 0 Å². The summed E-state index contributed by atoms with van der Waals surface area (Å²) in [6.45, 7) is 3.37. The van der Waals surface area contributed by atoms with Gasteiger partial charge in [-0.15, -0.1) is 0 Å². The van der Waals surface area contributed by atoms with Gasteiger partial charge in [-0.25, -0.2) is 0 Å². The van der Waals surface area contributed by atoms with Crippen molar-refractivity contribution in [2.24, 2.45) is 0 Å². The summed E-state index contributed by atoms with van der Waals surface area (Å²) >= 11 is 0. The lowest BCUT2D eigenvalue weighted by molar-refractivity contribution is -0.354. The first kappa shape index (κ1) is 31.7. The minimum Gasteiger partial charge on any atom is -0.508 e. The highest BCUT2D eigenvalue weighted by atomic mass is 16.8. The van der Waals surface area contributed by atoms with E-state index in [1.165, 1.54) is 26.0 Å². The number of esters is 1. The molecule has 44 heavy (non-hydrogen) atoms. The Morgan fingerprint density at radius 3 is 2.23 bits per heavy atom. The average Bonchev–Trinajstić information content (AvgIpc) is 2.98. The maximum absolute atomic E-state index is 13.4. The number of hydrogen-bond donors (Lipinski definition) is 7. The summed E-state index contributed by atoms with van der Waals surface area (Å²) in [6, 6.07) is 4.77. The summed E-state index contributed by atoms with van der Waals surface area (Å²) in [4.78, 5) is 38.0. The van der Waals surface area contributed by atoms with E-state index in [0.717, 1.165) is 19.1 Å². The Balaban J connectivity index is 1.51. The zero-order chi connectivity index (χ0) is 32.2. The molecule has 238 valence electrons. The molecule has 0 bridgehead atoms. The van der Waals surface area contributed by atoms with Gasteiger partial charge in [0.1, 0.15) is 60.5 Å².